The third kappa shape index (κ3) is 4.10. The smallest absolute Gasteiger partial charge is 0.223 e. The number of nitrogens with one attached hydrogen (secondary N) is 1. The molecule has 24 heavy (non-hydrogen) atoms. The standard InChI is InChI=1S/C20H29NO3/c1-24-16-9-5-8-15(12-16)17-13-18(17)20(23)21-19(10-11-22)14-6-3-2-4-7-14/h5,8-9,12,14,17-19,22H,2-4,6-7,10-11,13H2,1H3,(H,21,23). The second kappa shape index (κ2) is 8.02. The van der Waals surface area contributed by atoms with Crippen LogP contribution < -0.4 is 10.1 Å². The molecular formula is C20H29NO3. The van der Waals surface area contributed by atoms with Crippen molar-refractivity contribution in [3.05, 3.63) is 29.8 Å². The molecule has 0 radical (unpaired) electrons. The molecule has 4 heteroatoms. The third-order valence-corrected chi connectivity index (χ3v) is 5.64. The van der Waals surface area contributed by atoms with Gasteiger partial charge in [0.25, 0.3) is 0 Å². The van der Waals surface area contributed by atoms with Crippen molar-refractivity contribution < 1.29 is 14.6 Å². The molecular weight excluding hydrogens is 302 g/mol. The van der Waals surface area contributed by atoms with Crippen LogP contribution in [0.4, 0.5) is 0 Å². The number of amides is 1. The molecule has 132 valence electrons. The minimum absolute atomic E-state index is 0.0712. The van der Waals surface area contributed by atoms with Crippen molar-refractivity contribution in [1.29, 1.82) is 0 Å². The lowest BCUT2D eigenvalue weighted by atomic mass is 9.82. The molecule has 1 aromatic rings. The molecule has 2 N–H and O–H groups in total. The number of rotatable bonds is 7. The van der Waals surface area contributed by atoms with Gasteiger partial charge in [-0.05, 0) is 55.2 Å². The van der Waals surface area contributed by atoms with Gasteiger partial charge in [-0.3, -0.25) is 4.79 Å². The number of benzene rings is 1. The van der Waals surface area contributed by atoms with Crippen molar-refractivity contribution >= 4 is 5.91 Å². The first kappa shape index (κ1) is 17.3. The lowest BCUT2D eigenvalue weighted by molar-refractivity contribution is -0.123. The van der Waals surface area contributed by atoms with Crippen LogP contribution in [-0.2, 0) is 4.79 Å². The van der Waals surface area contributed by atoms with E-state index in [4.69, 9.17) is 4.74 Å². The second-order valence-corrected chi connectivity index (χ2v) is 7.25. The van der Waals surface area contributed by atoms with Gasteiger partial charge in [-0.15, -0.1) is 0 Å². The maximum atomic E-state index is 12.6. The van der Waals surface area contributed by atoms with Crippen molar-refractivity contribution in [1.82, 2.24) is 5.32 Å². The molecule has 1 amide bonds. The predicted molar refractivity (Wildman–Crippen MR) is 94.1 cm³/mol. The van der Waals surface area contributed by atoms with Gasteiger partial charge in [0, 0.05) is 18.6 Å². The van der Waals surface area contributed by atoms with Crippen LogP contribution in [0.15, 0.2) is 24.3 Å². The van der Waals surface area contributed by atoms with E-state index in [2.05, 4.69) is 11.4 Å². The summed E-state index contributed by atoms with van der Waals surface area (Å²) >= 11 is 0. The van der Waals surface area contributed by atoms with Crippen molar-refractivity contribution in [3.63, 3.8) is 0 Å². The van der Waals surface area contributed by atoms with E-state index < -0.39 is 0 Å². The third-order valence-electron chi connectivity index (χ3n) is 5.64. The fraction of sp³-hybridized carbons (Fsp3) is 0.650. The molecule has 0 spiro atoms. The van der Waals surface area contributed by atoms with Gasteiger partial charge in [-0.25, -0.2) is 0 Å². The SMILES string of the molecule is COc1cccc(C2CC2C(=O)NC(CCO)C2CCCCC2)c1. The highest BCUT2D eigenvalue weighted by Crippen LogP contribution is 2.48. The Kier molecular flexibility index (Phi) is 5.77. The van der Waals surface area contributed by atoms with E-state index in [-0.39, 0.29) is 24.5 Å². The highest BCUT2D eigenvalue weighted by Gasteiger charge is 2.44. The zero-order valence-electron chi connectivity index (χ0n) is 14.5. The van der Waals surface area contributed by atoms with Crippen LogP contribution in [-0.4, -0.2) is 30.8 Å². The van der Waals surface area contributed by atoms with Gasteiger partial charge in [-0.1, -0.05) is 31.4 Å². The molecule has 1 aromatic carbocycles. The number of aliphatic hydroxyl groups excluding tert-OH is 1. The van der Waals surface area contributed by atoms with Crippen LogP contribution in [0.5, 0.6) is 5.75 Å². The molecule has 3 unspecified atom stereocenters. The number of hydrogen-bond donors (Lipinski definition) is 2. The average Bonchev–Trinajstić information content (AvgIpc) is 3.43. The fourth-order valence-electron chi connectivity index (χ4n) is 4.12. The summed E-state index contributed by atoms with van der Waals surface area (Å²) in [5, 5.41) is 12.6. The molecule has 2 saturated carbocycles. The van der Waals surface area contributed by atoms with Crippen LogP contribution in [0.25, 0.3) is 0 Å². The summed E-state index contributed by atoms with van der Waals surface area (Å²) in [7, 11) is 1.67. The molecule has 3 rings (SSSR count). The van der Waals surface area contributed by atoms with E-state index in [9.17, 15) is 9.90 Å². The second-order valence-electron chi connectivity index (χ2n) is 7.25. The number of hydrogen-bond acceptors (Lipinski definition) is 3. The zero-order valence-corrected chi connectivity index (χ0v) is 14.5. The van der Waals surface area contributed by atoms with Crippen LogP contribution in [0.1, 0.15) is 56.4 Å². The Balaban J connectivity index is 1.57. The Hall–Kier alpha value is -1.55. The molecule has 0 heterocycles. The summed E-state index contributed by atoms with van der Waals surface area (Å²) in [6, 6.07) is 8.16. The molecule has 0 aromatic heterocycles. The van der Waals surface area contributed by atoms with Gasteiger partial charge in [-0.2, -0.15) is 0 Å². The van der Waals surface area contributed by atoms with Crippen LogP contribution in [0.3, 0.4) is 0 Å². The van der Waals surface area contributed by atoms with Crippen molar-refractivity contribution in [3.8, 4) is 5.75 Å². The average molecular weight is 331 g/mol. The van der Waals surface area contributed by atoms with Gasteiger partial charge in [0.1, 0.15) is 5.75 Å². The number of methoxy groups -OCH3 is 1. The topological polar surface area (TPSA) is 58.6 Å². The van der Waals surface area contributed by atoms with E-state index in [0.717, 1.165) is 12.2 Å². The maximum Gasteiger partial charge on any atom is 0.223 e. The molecule has 0 saturated heterocycles. The summed E-state index contributed by atoms with van der Waals surface area (Å²) in [6.45, 7) is 0.144. The Morgan fingerprint density at radius 1 is 1.33 bits per heavy atom. The largest absolute Gasteiger partial charge is 0.497 e. The first-order valence-corrected chi connectivity index (χ1v) is 9.28. The quantitative estimate of drug-likeness (QED) is 0.806. The first-order valence-electron chi connectivity index (χ1n) is 9.28. The summed E-state index contributed by atoms with van der Waals surface area (Å²) in [5.41, 5.74) is 1.19. The van der Waals surface area contributed by atoms with Crippen LogP contribution in [0, 0.1) is 11.8 Å². The Morgan fingerprint density at radius 3 is 2.83 bits per heavy atom. The highest BCUT2D eigenvalue weighted by atomic mass is 16.5. The molecule has 2 fully saturated rings. The summed E-state index contributed by atoms with van der Waals surface area (Å²) in [4.78, 5) is 12.6. The maximum absolute atomic E-state index is 12.6. The molecule has 0 bridgehead atoms. The lowest BCUT2D eigenvalue weighted by Gasteiger charge is -2.30. The monoisotopic (exact) mass is 331 g/mol. The highest BCUT2D eigenvalue weighted by molar-refractivity contribution is 5.83. The Labute approximate surface area is 144 Å². The van der Waals surface area contributed by atoms with Crippen molar-refractivity contribution in [2.24, 2.45) is 11.8 Å². The summed E-state index contributed by atoms with van der Waals surface area (Å²) < 4.78 is 5.28. The molecule has 0 aliphatic heterocycles. The zero-order chi connectivity index (χ0) is 16.9. The number of ether oxygens (including phenoxy) is 1. The predicted octanol–water partition coefficient (Wildman–Crippen LogP) is 3.25. The van der Waals surface area contributed by atoms with Gasteiger partial charge in [0.2, 0.25) is 5.91 Å². The van der Waals surface area contributed by atoms with Crippen molar-refractivity contribution in [2.75, 3.05) is 13.7 Å². The lowest BCUT2D eigenvalue weighted by Crippen LogP contribution is -2.42. The minimum atomic E-state index is 0.0712. The van der Waals surface area contributed by atoms with Crippen LogP contribution >= 0.6 is 0 Å². The molecule has 3 atom stereocenters. The van der Waals surface area contributed by atoms with E-state index in [1.54, 1.807) is 7.11 Å². The van der Waals surface area contributed by atoms with Crippen LogP contribution in [0.2, 0.25) is 0 Å². The Morgan fingerprint density at radius 2 is 2.12 bits per heavy atom. The van der Waals surface area contributed by atoms with E-state index >= 15 is 0 Å². The summed E-state index contributed by atoms with van der Waals surface area (Å²) in [5.74, 6) is 1.91. The number of carbonyl (C=O) groups is 1. The molecule has 2 aliphatic rings. The van der Waals surface area contributed by atoms with Gasteiger partial charge in [0.15, 0.2) is 0 Å². The van der Waals surface area contributed by atoms with Gasteiger partial charge in [0.05, 0.1) is 7.11 Å². The van der Waals surface area contributed by atoms with Crippen molar-refractivity contribution in [2.45, 2.75) is 56.9 Å². The summed E-state index contributed by atoms with van der Waals surface area (Å²) in [6.07, 6.45) is 7.74. The van der Waals surface area contributed by atoms with E-state index in [0.29, 0.717) is 18.3 Å². The van der Waals surface area contributed by atoms with Gasteiger partial charge < -0.3 is 15.2 Å². The number of carbonyl (C=O) groups excluding carboxylic acids is 1. The molecule has 2 aliphatic carbocycles. The van der Waals surface area contributed by atoms with E-state index in [1.165, 1.54) is 37.7 Å². The fourth-order valence-corrected chi connectivity index (χ4v) is 4.12. The number of aliphatic hydroxyl groups is 1. The first-order chi connectivity index (χ1) is 11.7. The minimum Gasteiger partial charge on any atom is -0.497 e. The van der Waals surface area contributed by atoms with E-state index in [1.807, 2.05) is 18.2 Å². The normalized spacial score (nSPS) is 25.1. The Bertz CT molecular complexity index is 554. The molecule has 4 nitrogen and oxygen atoms in total. The van der Waals surface area contributed by atoms with Gasteiger partial charge >= 0.3 is 0 Å².